The van der Waals surface area contributed by atoms with E-state index >= 15 is 0 Å². The molecule has 3 rings (SSSR count). The van der Waals surface area contributed by atoms with E-state index in [1.54, 1.807) is 6.92 Å². The summed E-state index contributed by atoms with van der Waals surface area (Å²) in [7, 11) is 0. The minimum atomic E-state index is -0.0865. The molecule has 0 bridgehead atoms. The zero-order valence-corrected chi connectivity index (χ0v) is 17.0. The summed E-state index contributed by atoms with van der Waals surface area (Å²) in [6.07, 6.45) is 5.53. The van der Waals surface area contributed by atoms with E-state index in [2.05, 4.69) is 28.1 Å². The van der Waals surface area contributed by atoms with Gasteiger partial charge in [-0.15, -0.1) is 0 Å². The molecular weight excluding hydrogens is 354 g/mol. The number of nitrogens with one attached hydrogen (secondary N) is 3. The lowest BCUT2D eigenvalue weighted by atomic mass is 9.69. The molecule has 0 aromatic heterocycles. The Kier molecular flexibility index (Phi) is 7.29. The van der Waals surface area contributed by atoms with Crippen molar-refractivity contribution in [1.82, 2.24) is 16.0 Å². The lowest BCUT2D eigenvalue weighted by molar-refractivity contribution is -0.122. The fourth-order valence-corrected chi connectivity index (χ4v) is 5.37. The van der Waals surface area contributed by atoms with Gasteiger partial charge in [-0.2, -0.15) is 10.5 Å². The third kappa shape index (κ3) is 4.84. The molecule has 1 aliphatic heterocycles. The van der Waals surface area contributed by atoms with Crippen molar-refractivity contribution in [2.45, 2.75) is 82.6 Å². The smallest absolute Gasteiger partial charge is 0.217 e. The van der Waals surface area contributed by atoms with Crippen LogP contribution in [0.5, 0.6) is 0 Å². The Labute approximate surface area is 168 Å². The summed E-state index contributed by atoms with van der Waals surface area (Å²) in [5, 5.41) is 29.3. The number of carbonyl (C=O) groups excluding carboxylic acids is 1. The maximum atomic E-state index is 11.7. The van der Waals surface area contributed by atoms with Crippen molar-refractivity contribution in [3.63, 3.8) is 0 Å². The molecule has 2 saturated carbocycles. The van der Waals surface area contributed by atoms with Gasteiger partial charge in [0.1, 0.15) is 0 Å². The lowest BCUT2D eigenvalue weighted by Crippen LogP contribution is -2.66. The third-order valence-electron chi connectivity index (χ3n) is 6.75. The van der Waals surface area contributed by atoms with Crippen molar-refractivity contribution < 1.29 is 9.53 Å². The Hall–Kier alpha value is -1.67. The summed E-state index contributed by atoms with van der Waals surface area (Å²) in [5.41, 5.74) is 0. The maximum absolute atomic E-state index is 11.7. The highest BCUT2D eigenvalue weighted by Gasteiger charge is 2.47. The first kappa shape index (κ1) is 21.0. The molecule has 3 fully saturated rings. The van der Waals surface area contributed by atoms with Crippen LogP contribution in [-0.4, -0.2) is 49.3 Å². The molecule has 6 atom stereocenters. The van der Waals surface area contributed by atoms with Crippen LogP contribution in [0, 0.1) is 40.4 Å². The molecule has 1 heterocycles. The minimum Gasteiger partial charge on any atom is -0.376 e. The van der Waals surface area contributed by atoms with Crippen LogP contribution in [0.4, 0.5) is 0 Å². The number of hydrogen-bond acceptors (Lipinski definition) is 6. The van der Waals surface area contributed by atoms with Crippen LogP contribution in [0.2, 0.25) is 0 Å². The highest BCUT2D eigenvalue weighted by molar-refractivity contribution is 5.73. The summed E-state index contributed by atoms with van der Waals surface area (Å²) in [5.74, 6) is 0.335. The second-order valence-electron chi connectivity index (χ2n) is 8.56. The van der Waals surface area contributed by atoms with Crippen LogP contribution in [0.3, 0.4) is 0 Å². The molecule has 7 heteroatoms. The Morgan fingerprint density at radius 3 is 2.54 bits per heavy atom. The SMILES string of the molecule is CCOC1CC2NCC(C#N)C(NC3CCC(C#N)CC3)C2CC1NC(C)=O. The molecule has 28 heavy (non-hydrogen) atoms. The highest BCUT2D eigenvalue weighted by atomic mass is 16.5. The Balaban J connectivity index is 1.71. The molecule has 154 valence electrons. The largest absolute Gasteiger partial charge is 0.376 e. The van der Waals surface area contributed by atoms with Gasteiger partial charge in [0.05, 0.1) is 30.2 Å². The summed E-state index contributed by atoms with van der Waals surface area (Å²) < 4.78 is 5.94. The fraction of sp³-hybridized carbons (Fsp3) is 0.857. The van der Waals surface area contributed by atoms with Gasteiger partial charge in [-0.05, 0) is 51.4 Å². The van der Waals surface area contributed by atoms with Crippen molar-refractivity contribution in [3.05, 3.63) is 0 Å². The number of amides is 1. The first-order chi connectivity index (χ1) is 13.5. The number of nitriles is 2. The van der Waals surface area contributed by atoms with E-state index in [-0.39, 0.29) is 41.8 Å². The lowest BCUT2D eigenvalue weighted by Gasteiger charge is -2.50. The van der Waals surface area contributed by atoms with Crippen LogP contribution in [-0.2, 0) is 9.53 Å². The molecular formula is C21H33N5O2. The average Bonchev–Trinajstić information content (AvgIpc) is 2.69. The molecule has 1 amide bonds. The van der Waals surface area contributed by atoms with Crippen LogP contribution in [0.1, 0.15) is 52.4 Å². The predicted molar refractivity (Wildman–Crippen MR) is 105 cm³/mol. The maximum Gasteiger partial charge on any atom is 0.217 e. The van der Waals surface area contributed by atoms with Gasteiger partial charge in [-0.1, -0.05) is 0 Å². The van der Waals surface area contributed by atoms with Crippen molar-refractivity contribution in [2.24, 2.45) is 17.8 Å². The van der Waals surface area contributed by atoms with Crippen molar-refractivity contribution >= 4 is 5.91 Å². The average molecular weight is 388 g/mol. The van der Waals surface area contributed by atoms with Crippen molar-refractivity contribution in [1.29, 1.82) is 10.5 Å². The van der Waals surface area contributed by atoms with Gasteiger partial charge in [-0.3, -0.25) is 4.79 Å². The van der Waals surface area contributed by atoms with Crippen molar-refractivity contribution in [2.75, 3.05) is 13.2 Å². The number of nitrogens with zero attached hydrogens (tertiary/aromatic N) is 2. The standard InChI is InChI=1S/C21H33N5O2/c1-3-28-20-9-18-17(8-19(20)25-13(2)27)21(15(11-23)12-24-18)26-16-6-4-14(10-22)5-7-16/h14-21,24,26H,3-9,12H2,1-2H3,(H,25,27). The zero-order valence-electron chi connectivity index (χ0n) is 17.0. The van der Waals surface area contributed by atoms with Crippen LogP contribution < -0.4 is 16.0 Å². The fourth-order valence-electron chi connectivity index (χ4n) is 5.37. The molecule has 3 N–H and O–H groups in total. The first-order valence-corrected chi connectivity index (χ1v) is 10.7. The van der Waals surface area contributed by atoms with Crippen molar-refractivity contribution in [3.8, 4) is 12.1 Å². The van der Waals surface area contributed by atoms with Gasteiger partial charge in [0.25, 0.3) is 0 Å². The molecule has 1 saturated heterocycles. The molecule has 7 nitrogen and oxygen atoms in total. The van der Waals surface area contributed by atoms with Gasteiger partial charge >= 0.3 is 0 Å². The van der Waals surface area contributed by atoms with E-state index in [0.29, 0.717) is 25.2 Å². The number of piperidine rings is 1. The topological polar surface area (TPSA) is 110 Å². The number of ether oxygens (including phenoxy) is 1. The Morgan fingerprint density at radius 1 is 1.18 bits per heavy atom. The monoisotopic (exact) mass is 387 g/mol. The summed E-state index contributed by atoms with van der Waals surface area (Å²) >= 11 is 0. The van der Waals surface area contributed by atoms with Gasteiger partial charge in [-0.25, -0.2) is 0 Å². The number of carbonyl (C=O) groups is 1. The number of hydrogen-bond donors (Lipinski definition) is 3. The highest BCUT2D eigenvalue weighted by Crippen LogP contribution is 2.36. The molecule has 0 aromatic rings. The molecule has 0 aromatic carbocycles. The first-order valence-electron chi connectivity index (χ1n) is 10.7. The summed E-state index contributed by atoms with van der Waals surface area (Å²) in [6, 6.07) is 5.63. The second kappa shape index (κ2) is 9.69. The Bertz CT molecular complexity index is 619. The number of rotatable bonds is 5. The predicted octanol–water partition coefficient (Wildman–Crippen LogP) is 1.46. The molecule has 3 aliphatic rings. The van der Waals surface area contributed by atoms with Crippen LogP contribution in [0.25, 0.3) is 0 Å². The van der Waals surface area contributed by atoms with Gasteiger partial charge in [0, 0.05) is 44.1 Å². The van der Waals surface area contributed by atoms with E-state index in [1.165, 1.54) is 0 Å². The molecule has 6 unspecified atom stereocenters. The van der Waals surface area contributed by atoms with Crippen LogP contribution >= 0.6 is 0 Å². The third-order valence-corrected chi connectivity index (χ3v) is 6.75. The minimum absolute atomic E-state index is 0.00741. The number of fused-ring (bicyclic) bond motifs is 1. The van der Waals surface area contributed by atoms with E-state index in [1.807, 2.05) is 6.92 Å². The summed E-state index contributed by atoms with van der Waals surface area (Å²) in [4.78, 5) is 11.7. The van der Waals surface area contributed by atoms with Gasteiger partial charge in [0.2, 0.25) is 5.91 Å². The normalized spacial score (nSPS) is 40.6. The second-order valence-corrected chi connectivity index (χ2v) is 8.56. The van der Waals surface area contributed by atoms with E-state index < -0.39 is 0 Å². The van der Waals surface area contributed by atoms with Crippen LogP contribution in [0.15, 0.2) is 0 Å². The quantitative estimate of drug-likeness (QED) is 0.659. The molecule has 0 spiro atoms. The Morgan fingerprint density at radius 2 is 1.93 bits per heavy atom. The molecule has 2 aliphatic carbocycles. The van der Waals surface area contributed by atoms with E-state index in [9.17, 15) is 10.1 Å². The summed E-state index contributed by atoms with van der Waals surface area (Å²) in [6.45, 7) is 4.85. The van der Waals surface area contributed by atoms with E-state index in [0.717, 1.165) is 38.5 Å². The van der Waals surface area contributed by atoms with E-state index in [4.69, 9.17) is 10.00 Å². The zero-order chi connectivity index (χ0) is 20.1. The van der Waals surface area contributed by atoms with Gasteiger partial charge < -0.3 is 20.7 Å². The molecule has 0 radical (unpaired) electrons. The van der Waals surface area contributed by atoms with Gasteiger partial charge in [0.15, 0.2) is 0 Å².